The second kappa shape index (κ2) is 5.56. The van der Waals surface area contributed by atoms with Crippen molar-refractivity contribution in [1.82, 2.24) is 9.97 Å². The van der Waals surface area contributed by atoms with Crippen LogP contribution in [0.15, 0.2) is 11.4 Å². The number of aromatic nitrogens is 2. The zero-order chi connectivity index (χ0) is 14.0. The van der Waals surface area contributed by atoms with Crippen LogP contribution in [0.4, 0.5) is 5.82 Å². The van der Waals surface area contributed by atoms with Crippen molar-refractivity contribution in [3.8, 4) is 0 Å². The molecular formula is C12H15N3O3S. The second-order valence-corrected chi connectivity index (χ2v) is 4.85. The van der Waals surface area contributed by atoms with Gasteiger partial charge in [-0.1, -0.05) is 11.8 Å². The van der Waals surface area contributed by atoms with E-state index in [1.54, 1.807) is 0 Å². The predicted molar refractivity (Wildman–Crippen MR) is 71.5 cm³/mol. The summed E-state index contributed by atoms with van der Waals surface area (Å²) in [6.07, 6.45) is 3.37. The average molecular weight is 281 g/mol. The Balaban J connectivity index is 2.45. The van der Waals surface area contributed by atoms with E-state index in [-0.39, 0.29) is 5.78 Å². The third kappa shape index (κ3) is 2.42. The summed E-state index contributed by atoms with van der Waals surface area (Å²) in [5.41, 5.74) is 0.390. The van der Waals surface area contributed by atoms with E-state index in [9.17, 15) is 9.59 Å². The minimum absolute atomic E-state index is 0.265. The van der Waals surface area contributed by atoms with Crippen molar-refractivity contribution >= 4 is 29.3 Å². The first-order valence-corrected chi connectivity index (χ1v) is 7.12. The Morgan fingerprint density at radius 1 is 1.63 bits per heavy atom. The fourth-order valence-corrected chi connectivity index (χ4v) is 2.39. The van der Waals surface area contributed by atoms with Crippen LogP contribution in [0.3, 0.4) is 0 Å². The Kier molecular flexibility index (Phi) is 4.04. The van der Waals surface area contributed by atoms with Gasteiger partial charge < -0.3 is 9.64 Å². The molecule has 0 bridgehead atoms. The molecule has 0 aromatic carbocycles. The molecule has 0 spiro atoms. The second-order valence-electron chi connectivity index (χ2n) is 4.07. The number of anilines is 1. The van der Waals surface area contributed by atoms with Gasteiger partial charge in [0.25, 0.3) is 0 Å². The first kappa shape index (κ1) is 13.8. The smallest absolute Gasteiger partial charge is 0.318 e. The van der Waals surface area contributed by atoms with E-state index in [0.717, 1.165) is 0 Å². The molecule has 6 nitrogen and oxygen atoms in total. The molecule has 0 radical (unpaired) electrons. The van der Waals surface area contributed by atoms with Gasteiger partial charge in [0.05, 0.1) is 12.7 Å². The Labute approximate surface area is 115 Å². The molecule has 2 heterocycles. The third-order valence-electron chi connectivity index (χ3n) is 3.08. The molecule has 0 aliphatic carbocycles. The van der Waals surface area contributed by atoms with Crippen molar-refractivity contribution < 1.29 is 14.3 Å². The van der Waals surface area contributed by atoms with E-state index in [0.29, 0.717) is 29.6 Å². The minimum atomic E-state index is -0.791. The largest absolute Gasteiger partial charge is 0.468 e. The summed E-state index contributed by atoms with van der Waals surface area (Å²) >= 11 is 1.42. The van der Waals surface area contributed by atoms with Crippen LogP contribution in [-0.4, -0.2) is 48.2 Å². The lowest BCUT2D eigenvalue weighted by molar-refractivity contribution is -0.143. The molecule has 1 aliphatic rings. The highest BCUT2D eigenvalue weighted by molar-refractivity contribution is 7.98. The van der Waals surface area contributed by atoms with Crippen LogP contribution in [0.5, 0.6) is 0 Å². The summed E-state index contributed by atoms with van der Waals surface area (Å²) in [6.45, 7) is 2.92. The maximum Gasteiger partial charge on any atom is 0.318 e. The van der Waals surface area contributed by atoms with Crippen LogP contribution < -0.4 is 4.90 Å². The Bertz CT molecular complexity index is 521. The van der Waals surface area contributed by atoms with Crippen molar-refractivity contribution in [2.75, 3.05) is 31.4 Å². The molecule has 0 N–H and O–H groups in total. The third-order valence-corrected chi connectivity index (χ3v) is 3.64. The SMILES string of the molecule is CCN1CC(C(=O)OC)C(=O)c2cnc(SC)nc21. The van der Waals surface area contributed by atoms with Crippen molar-refractivity contribution in [3.05, 3.63) is 11.8 Å². The fraction of sp³-hybridized carbons (Fsp3) is 0.500. The molecule has 0 amide bonds. The number of Topliss-reactive ketones (excluding diaryl/α,β-unsaturated/α-hetero) is 1. The van der Waals surface area contributed by atoms with E-state index in [1.807, 2.05) is 18.1 Å². The number of rotatable bonds is 3. The van der Waals surface area contributed by atoms with Gasteiger partial charge in [0.2, 0.25) is 0 Å². The molecule has 0 fully saturated rings. The zero-order valence-electron chi connectivity index (χ0n) is 11.0. The highest BCUT2D eigenvalue weighted by atomic mass is 32.2. The van der Waals surface area contributed by atoms with Gasteiger partial charge in [0.1, 0.15) is 11.7 Å². The summed E-state index contributed by atoms with van der Waals surface area (Å²) in [5.74, 6) is -0.963. The quantitative estimate of drug-likeness (QED) is 0.354. The number of nitrogens with zero attached hydrogens (tertiary/aromatic N) is 3. The molecule has 1 unspecified atom stereocenters. The molecule has 1 aromatic rings. The van der Waals surface area contributed by atoms with Crippen LogP contribution in [0.2, 0.25) is 0 Å². The Morgan fingerprint density at radius 2 is 2.37 bits per heavy atom. The van der Waals surface area contributed by atoms with Gasteiger partial charge in [0.15, 0.2) is 10.9 Å². The molecule has 1 aliphatic heterocycles. The summed E-state index contributed by atoms with van der Waals surface area (Å²) in [6, 6.07) is 0. The monoisotopic (exact) mass is 281 g/mol. The molecule has 0 saturated heterocycles. The number of methoxy groups -OCH3 is 1. The molecule has 19 heavy (non-hydrogen) atoms. The van der Waals surface area contributed by atoms with Crippen LogP contribution in [-0.2, 0) is 9.53 Å². The lowest BCUT2D eigenvalue weighted by Crippen LogP contribution is -2.43. The van der Waals surface area contributed by atoms with Crippen molar-refractivity contribution in [2.24, 2.45) is 5.92 Å². The lowest BCUT2D eigenvalue weighted by atomic mass is 9.94. The minimum Gasteiger partial charge on any atom is -0.468 e. The molecule has 2 rings (SSSR count). The number of esters is 1. The zero-order valence-corrected chi connectivity index (χ0v) is 11.9. The van der Waals surface area contributed by atoms with E-state index >= 15 is 0 Å². The number of ether oxygens (including phenoxy) is 1. The van der Waals surface area contributed by atoms with E-state index in [1.165, 1.54) is 25.1 Å². The lowest BCUT2D eigenvalue weighted by Gasteiger charge is -2.31. The summed E-state index contributed by atoms with van der Waals surface area (Å²) in [5, 5.41) is 0.613. The van der Waals surface area contributed by atoms with Gasteiger partial charge in [-0.2, -0.15) is 0 Å². The number of carbonyl (C=O) groups excluding carboxylic acids is 2. The standard InChI is InChI=1S/C12H15N3O3S/c1-4-15-6-8(11(17)18-2)9(16)7-5-13-12(19-3)14-10(7)15/h5,8H,4,6H2,1-3H3. The first-order chi connectivity index (χ1) is 9.12. The van der Waals surface area contributed by atoms with Crippen LogP contribution in [0.1, 0.15) is 17.3 Å². The molecular weight excluding hydrogens is 266 g/mol. The van der Waals surface area contributed by atoms with Crippen LogP contribution in [0.25, 0.3) is 0 Å². The number of fused-ring (bicyclic) bond motifs is 1. The normalized spacial score (nSPS) is 18.2. The van der Waals surface area contributed by atoms with E-state index < -0.39 is 11.9 Å². The molecule has 1 atom stereocenters. The average Bonchev–Trinajstić information content (AvgIpc) is 2.46. The van der Waals surface area contributed by atoms with Gasteiger partial charge in [-0.15, -0.1) is 0 Å². The molecule has 1 aromatic heterocycles. The Morgan fingerprint density at radius 3 is 2.95 bits per heavy atom. The molecule has 7 heteroatoms. The van der Waals surface area contributed by atoms with Crippen LogP contribution in [0, 0.1) is 5.92 Å². The van der Waals surface area contributed by atoms with Gasteiger partial charge in [-0.25, -0.2) is 9.97 Å². The maximum absolute atomic E-state index is 12.3. The predicted octanol–water partition coefficient (Wildman–Crippen LogP) is 1.01. The van der Waals surface area contributed by atoms with E-state index in [2.05, 4.69) is 14.7 Å². The van der Waals surface area contributed by atoms with Crippen molar-refractivity contribution in [2.45, 2.75) is 12.1 Å². The first-order valence-electron chi connectivity index (χ1n) is 5.90. The number of hydrogen-bond acceptors (Lipinski definition) is 7. The molecule has 0 saturated carbocycles. The highest BCUT2D eigenvalue weighted by Gasteiger charge is 2.38. The topological polar surface area (TPSA) is 72.4 Å². The number of hydrogen-bond donors (Lipinski definition) is 0. The van der Waals surface area contributed by atoms with Gasteiger partial charge in [0, 0.05) is 19.3 Å². The summed E-state index contributed by atoms with van der Waals surface area (Å²) in [4.78, 5) is 34.3. The Hall–Kier alpha value is -1.63. The van der Waals surface area contributed by atoms with Gasteiger partial charge in [-0.05, 0) is 13.2 Å². The summed E-state index contributed by atoms with van der Waals surface area (Å²) < 4.78 is 4.68. The van der Waals surface area contributed by atoms with Crippen LogP contribution >= 0.6 is 11.8 Å². The van der Waals surface area contributed by atoms with Crippen molar-refractivity contribution in [1.29, 1.82) is 0 Å². The fourth-order valence-electron chi connectivity index (χ4n) is 2.05. The highest BCUT2D eigenvalue weighted by Crippen LogP contribution is 2.29. The number of thioether (sulfide) groups is 1. The van der Waals surface area contributed by atoms with E-state index in [4.69, 9.17) is 0 Å². The maximum atomic E-state index is 12.3. The summed E-state index contributed by atoms with van der Waals surface area (Å²) in [7, 11) is 1.29. The van der Waals surface area contributed by atoms with Crippen molar-refractivity contribution in [3.63, 3.8) is 0 Å². The molecule has 102 valence electrons. The van der Waals surface area contributed by atoms with Gasteiger partial charge in [-0.3, -0.25) is 9.59 Å². The van der Waals surface area contributed by atoms with Gasteiger partial charge >= 0.3 is 5.97 Å². The number of ketones is 1. The number of carbonyl (C=O) groups is 2.